The highest BCUT2D eigenvalue weighted by molar-refractivity contribution is 5.27. The summed E-state index contributed by atoms with van der Waals surface area (Å²) in [5, 5.41) is 9.39. The van der Waals surface area contributed by atoms with E-state index in [-0.39, 0.29) is 18.3 Å². The third-order valence-electron chi connectivity index (χ3n) is 3.64. The van der Waals surface area contributed by atoms with Gasteiger partial charge < -0.3 is 5.11 Å². The van der Waals surface area contributed by atoms with Gasteiger partial charge in [-0.15, -0.1) is 0 Å². The zero-order valence-corrected chi connectivity index (χ0v) is 9.83. The van der Waals surface area contributed by atoms with Crippen LogP contribution in [-0.4, -0.2) is 16.7 Å². The van der Waals surface area contributed by atoms with E-state index in [0.29, 0.717) is 5.69 Å². The Kier molecular flexibility index (Phi) is 2.98. The molecule has 1 aliphatic carbocycles. The molecule has 0 bridgehead atoms. The first-order valence-electron chi connectivity index (χ1n) is 5.86. The zero-order valence-electron chi connectivity index (χ0n) is 9.83. The van der Waals surface area contributed by atoms with Gasteiger partial charge in [0.15, 0.2) is 0 Å². The molecule has 0 atom stereocenters. The normalized spacial score (nSPS) is 18.6. The number of rotatable bonds is 3. The van der Waals surface area contributed by atoms with Crippen LogP contribution in [0.25, 0.3) is 0 Å². The van der Waals surface area contributed by atoms with Gasteiger partial charge in [-0.25, -0.2) is 4.39 Å². The molecular weight excluding hydrogens is 205 g/mol. The third kappa shape index (κ3) is 1.73. The number of pyridine rings is 1. The van der Waals surface area contributed by atoms with Crippen molar-refractivity contribution in [3.8, 4) is 0 Å². The van der Waals surface area contributed by atoms with Gasteiger partial charge in [-0.2, -0.15) is 0 Å². The van der Waals surface area contributed by atoms with Crippen molar-refractivity contribution < 1.29 is 9.50 Å². The Morgan fingerprint density at radius 1 is 1.50 bits per heavy atom. The average Bonchev–Trinajstić information content (AvgIpc) is 2.19. The standard InChI is InChI=1S/C13H18FNO/c1-9(2)10-6-11(14)12(15-7-10)13(8-16)4-3-5-13/h6-7,9,16H,3-5,8H2,1-2H3. The summed E-state index contributed by atoms with van der Waals surface area (Å²) >= 11 is 0. The molecule has 2 rings (SSSR count). The van der Waals surface area contributed by atoms with Crippen molar-refractivity contribution in [3.05, 3.63) is 29.3 Å². The van der Waals surface area contributed by atoms with Crippen molar-refractivity contribution in [2.24, 2.45) is 0 Å². The number of hydrogen-bond donors (Lipinski definition) is 1. The minimum atomic E-state index is -0.403. The van der Waals surface area contributed by atoms with Crippen LogP contribution < -0.4 is 0 Å². The monoisotopic (exact) mass is 223 g/mol. The number of hydrogen-bond acceptors (Lipinski definition) is 2. The molecule has 3 heteroatoms. The number of halogens is 1. The highest BCUT2D eigenvalue weighted by Crippen LogP contribution is 2.43. The minimum Gasteiger partial charge on any atom is -0.395 e. The molecule has 0 saturated heterocycles. The largest absolute Gasteiger partial charge is 0.395 e. The van der Waals surface area contributed by atoms with E-state index in [1.807, 2.05) is 13.8 Å². The molecule has 1 saturated carbocycles. The molecular formula is C13H18FNO. The van der Waals surface area contributed by atoms with Gasteiger partial charge in [0.25, 0.3) is 0 Å². The van der Waals surface area contributed by atoms with E-state index in [1.165, 1.54) is 0 Å². The van der Waals surface area contributed by atoms with Gasteiger partial charge in [0, 0.05) is 11.6 Å². The second kappa shape index (κ2) is 4.13. The summed E-state index contributed by atoms with van der Waals surface area (Å²) in [4.78, 5) is 4.23. The maximum atomic E-state index is 13.9. The Balaban J connectivity index is 2.35. The lowest BCUT2D eigenvalue weighted by molar-refractivity contribution is 0.112. The Morgan fingerprint density at radius 2 is 2.19 bits per heavy atom. The SMILES string of the molecule is CC(C)c1cnc(C2(CO)CCC2)c(F)c1. The van der Waals surface area contributed by atoms with Crippen LogP contribution in [0.3, 0.4) is 0 Å². The highest BCUT2D eigenvalue weighted by Gasteiger charge is 2.41. The molecule has 0 radical (unpaired) electrons. The van der Waals surface area contributed by atoms with Crippen molar-refractivity contribution >= 4 is 0 Å². The van der Waals surface area contributed by atoms with E-state index < -0.39 is 5.41 Å². The molecule has 88 valence electrons. The average molecular weight is 223 g/mol. The first-order valence-corrected chi connectivity index (χ1v) is 5.86. The molecule has 0 unspecified atom stereocenters. The first-order chi connectivity index (χ1) is 7.59. The Labute approximate surface area is 95.5 Å². The fourth-order valence-corrected chi connectivity index (χ4v) is 2.23. The van der Waals surface area contributed by atoms with Gasteiger partial charge in [-0.05, 0) is 30.4 Å². The predicted octanol–water partition coefficient (Wildman–Crippen LogP) is 2.76. The molecule has 1 aromatic heterocycles. The quantitative estimate of drug-likeness (QED) is 0.854. The minimum absolute atomic E-state index is 0.00204. The smallest absolute Gasteiger partial charge is 0.145 e. The topological polar surface area (TPSA) is 33.1 Å². The second-order valence-electron chi connectivity index (χ2n) is 5.05. The molecule has 1 heterocycles. The van der Waals surface area contributed by atoms with Gasteiger partial charge in [0.1, 0.15) is 5.82 Å². The molecule has 1 N–H and O–H groups in total. The summed E-state index contributed by atoms with van der Waals surface area (Å²) in [6, 6.07) is 1.56. The number of aliphatic hydroxyl groups excluding tert-OH is 1. The maximum Gasteiger partial charge on any atom is 0.145 e. The number of aromatic nitrogens is 1. The van der Waals surface area contributed by atoms with E-state index >= 15 is 0 Å². The van der Waals surface area contributed by atoms with E-state index in [1.54, 1.807) is 12.3 Å². The molecule has 16 heavy (non-hydrogen) atoms. The Hall–Kier alpha value is -0.960. The Morgan fingerprint density at radius 3 is 2.56 bits per heavy atom. The number of nitrogens with zero attached hydrogens (tertiary/aromatic N) is 1. The fraction of sp³-hybridized carbons (Fsp3) is 0.615. The predicted molar refractivity (Wildman–Crippen MR) is 60.9 cm³/mol. The first kappa shape index (κ1) is 11.5. The summed E-state index contributed by atoms with van der Waals surface area (Å²) in [7, 11) is 0. The molecule has 1 aromatic rings. The lowest BCUT2D eigenvalue weighted by Crippen LogP contribution is -2.39. The Bertz CT molecular complexity index is 380. The van der Waals surface area contributed by atoms with Crippen molar-refractivity contribution in [2.45, 2.75) is 44.4 Å². The van der Waals surface area contributed by atoms with Gasteiger partial charge in [-0.1, -0.05) is 20.3 Å². The van der Waals surface area contributed by atoms with Gasteiger partial charge in [-0.3, -0.25) is 4.98 Å². The molecule has 0 amide bonds. The van der Waals surface area contributed by atoms with Crippen LogP contribution >= 0.6 is 0 Å². The van der Waals surface area contributed by atoms with Crippen LogP contribution in [0.5, 0.6) is 0 Å². The molecule has 0 spiro atoms. The molecule has 0 aromatic carbocycles. The second-order valence-corrected chi connectivity index (χ2v) is 5.05. The van der Waals surface area contributed by atoms with Crippen LogP contribution in [0, 0.1) is 5.82 Å². The van der Waals surface area contributed by atoms with Crippen LogP contribution in [-0.2, 0) is 5.41 Å². The van der Waals surface area contributed by atoms with E-state index in [2.05, 4.69) is 4.98 Å². The molecule has 0 aliphatic heterocycles. The lowest BCUT2D eigenvalue weighted by atomic mass is 9.67. The fourth-order valence-electron chi connectivity index (χ4n) is 2.23. The maximum absolute atomic E-state index is 13.9. The van der Waals surface area contributed by atoms with Gasteiger partial charge in [0.2, 0.25) is 0 Å². The van der Waals surface area contributed by atoms with Gasteiger partial charge in [0.05, 0.1) is 12.3 Å². The van der Waals surface area contributed by atoms with Crippen LogP contribution in [0.15, 0.2) is 12.3 Å². The van der Waals surface area contributed by atoms with Gasteiger partial charge >= 0.3 is 0 Å². The summed E-state index contributed by atoms with van der Waals surface area (Å²) in [5.74, 6) is 0.0162. The highest BCUT2D eigenvalue weighted by atomic mass is 19.1. The van der Waals surface area contributed by atoms with Crippen LogP contribution in [0.2, 0.25) is 0 Å². The van der Waals surface area contributed by atoms with Crippen molar-refractivity contribution in [3.63, 3.8) is 0 Å². The van der Waals surface area contributed by atoms with Crippen molar-refractivity contribution in [2.75, 3.05) is 6.61 Å². The summed E-state index contributed by atoms with van der Waals surface area (Å²) in [5.41, 5.74) is 0.957. The summed E-state index contributed by atoms with van der Waals surface area (Å²) in [6.07, 6.45) is 4.47. The van der Waals surface area contributed by atoms with Crippen LogP contribution in [0.4, 0.5) is 4.39 Å². The van der Waals surface area contributed by atoms with Crippen molar-refractivity contribution in [1.29, 1.82) is 0 Å². The third-order valence-corrected chi connectivity index (χ3v) is 3.64. The summed E-state index contributed by atoms with van der Waals surface area (Å²) < 4.78 is 13.9. The summed E-state index contributed by atoms with van der Waals surface area (Å²) in [6.45, 7) is 4.03. The zero-order chi connectivity index (χ0) is 11.8. The lowest BCUT2D eigenvalue weighted by Gasteiger charge is -2.39. The van der Waals surface area contributed by atoms with E-state index in [9.17, 15) is 9.50 Å². The van der Waals surface area contributed by atoms with Crippen LogP contribution in [0.1, 0.15) is 50.3 Å². The number of aliphatic hydroxyl groups is 1. The van der Waals surface area contributed by atoms with Crippen molar-refractivity contribution in [1.82, 2.24) is 4.98 Å². The van der Waals surface area contributed by atoms with E-state index in [4.69, 9.17) is 0 Å². The molecule has 1 fully saturated rings. The molecule has 2 nitrogen and oxygen atoms in total. The molecule has 1 aliphatic rings. The van der Waals surface area contributed by atoms with E-state index in [0.717, 1.165) is 24.8 Å².